The zero-order chi connectivity index (χ0) is 27.1. The number of hydrogen-bond donors (Lipinski definition) is 0. The molecule has 11 heteroatoms. The van der Waals surface area contributed by atoms with Crippen LogP contribution in [0.1, 0.15) is 22.7 Å². The van der Waals surface area contributed by atoms with E-state index in [-0.39, 0.29) is 23.4 Å². The topological polar surface area (TPSA) is 89.2 Å². The predicted octanol–water partition coefficient (Wildman–Crippen LogP) is 3.85. The number of rotatable bonds is 6. The summed E-state index contributed by atoms with van der Waals surface area (Å²) in [6.45, 7) is 3.92. The molecule has 200 valence electrons. The molecule has 1 aliphatic heterocycles. The summed E-state index contributed by atoms with van der Waals surface area (Å²) in [6, 6.07) is 20.4. The van der Waals surface area contributed by atoms with Crippen LogP contribution in [0.3, 0.4) is 0 Å². The predicted molar refractivity (Wildman–Crippen MR) is 145 cm³/mol. The summed E-state index contributed by atoms with van der Waals surface area (Å²) in [6.07, 6.45) is 3.09. The first-order chi connectivity index (χ1) is 18.8. The van der Waals surface area contributed by atoms with Crippen LogP contribution in [0.4, 0.5) is 4.39 Å². The molecule has 0 amide bonds. The lowest BCUT2D eigenvalue weighted by Gasteiger charge is -2.41. The number of benzene rings is 3. The minimum Gasteiger partial charge on any atom is -0.289 e. The number of halogens is 1. The SMILES string of the molecule is Cc1cc2c(cnn2-c2ccc(F)cc2)cc1C1CN(S(=O)(=O)c2cnn(C)n2)CCN1Cc1ccccc1. The van der Waals surface area contributed by atoms with Gasteiger partial charge in [-0.2, -0.15) is 19.3 Å². The van der Waals surface area contributed by atoms with Crippen LogP contribution in [-0.4, -0.2) is 62.0 Å². The minimum atomic E-state index is -3.80. The van der Waals surface area contributed by atoms with Gasteiger partial charge in [0.25, 0.3) is 10.0 Å². The van der Waals surface area contributed by atoms with Gasteiger partial charge in [0.05, 0.1) is 23.6 Å². The number of sulfonamides is 1. The molecule has 0 spiro atoms. The Balaban J connectivity index is 1.39. The van der Waals surface area contributed by atoms with Gasteiger partial charge in [-0.05, 0) is 60.0 Å². The average Bonchev–Trinajstić information content (AvgIpc) is 3.56. The molecule has 3 heterocycles. The Kier molecular flexibility index (Phi) is 6.49. The van der Waals surface area contributed by atoms with E-state index in [0.717, 1.165) is 33.3 Å². The van der Waals surface area contributed by atoms with Crippen molar-refractivity contribution in [3.8, 4) is 5.69 Å². The molecule has 0 N–H and O–H groups in total. The Labute approximate surface area is 226 Å². The normalized spacial score (nSPS) is 17.2. The monoisotopic (exact) mass is 545 g/mol. The maximum atomic E-state index is 13.5. The molecule has 0 aliphatic carbocycles. The van der Waals surface area contributed by atoms with E-state index in [4.69, 9.17) is 0 Å². The molecule has 1 aliphatic rings. The molecule has 0 bridgehead atoms. The molecular weight excluding hydrogens is 517 g/mol. The molecular formula is C28H28FN7O2S. The Morgan fingerprint density at radius 2 is 1.74 bits per heavy atom. The van der Waals surface area contributed by atoms with Crippen LogP contribution in [0.5, 0.6) is 0 Å². The number of aryl methyl sites for hydroxylation is 2. The van der Waals surface area contributed by atoms with E-state index in [0.29, 0.717) is 19.6 Å². The van der Waals surface area contributed by atoms with E-state index >= 15 is 0 Å². The standard InChI is InChI=1S/C28H28FN7O2S/c1-20-14-26-22(16-31-36(26)24-10-8-23(29)9-11-24)15-25(20)27-19-35(39(37,38)28-17-30-33(2)32-28)13-12-34(27)18-21-6-4-3-5-7-21/h3-11,14-17,27H,12-13,18-19H2,1-2H3. The van der Waals surface area contributed by atoms with Gasteiger partial charge in [-0.25, -0.2) is 17.5 Å². The van der Waals surface area contributed by atoms with Crippen LogP contribution >= 0.6 is 0 Å². The fourth-order valence-electron chi connectivity index (χ4n) is 5.24. The van der Waals surface area contributed by atoms with Crippen molar-refractivity contribution in [3.63, 3.8) is 0 Å². The summed E-state index contributed by atoms with van der Waals surface area (Å²) in [7, 11) is -2.20. The van der Waals surface area contributed by atoms with Crippen LogP contribution in [0.25, 0.3) is 16.6 Å². The van der Waals surface area contributed by atoms with Gasteiger partial charge in [0.1, 0.15) is 5.82 Å². The van der Waals surface area contributed by atoms with Gasteiger partial charge in [0.2, 0.25) is 5.03 Å². The van der Waals surface area contributed by atoms with Crippen molar-refractivity contribution >= 4 is 20.9 Å². The van der Waals surface area contributed by atoms with Gasteiger partial charge in [0, 0.05) is 44.7 Å². The van der Waals surface area contributed by atoms with Crippen molar-refractivity contribution in [2.45, 2.75) is 24.5 Å². The zero-order valence-electron chi connectivity index (χ0n) is 21.6. The molecule has 1 atom stereocenters. The molecule has 2 aromatic heterocycles. The number of aromatic nitrogens is 5. The van der Waals surface area contributed by atoms with Crippen LogP contribution < -0.4 is 0 Å². The van der Waals surface area contributed by atoms with E-state index in [1.165, 1.54) is 27.4 Å². The lowest BCUT2D eigenvalue weighted by molar-refractivity contribution is 0.110. The van der Waals surface area contributed by atoms with Crippen molar-refractivity contribution in [1.82, 2.24) is 34.0 Å². The van der Waals surface area contributed by atoms with Crippen molar-refractivity contribution in [3.05, 3.63) is 102 Å². The third-order valence-corrected chi connectivity index (χ3v) is 8.98. The number of piperazine rings is 1. The van der Waals surface area contributed by atoms with Gasteiger partial charge >= 0.3 is 0 Å². The summed E-state index contributed by atoms with van der Waals surface area (Å²) in [4.78, 5) is 3.59. The number of hydrogen-bond acceptors (Lipinski definition) is 6. The number of nitrogens with zero attached hydrogens (tertiary/aromatic N) is 7. The molecule has 3 aromatic carbocycles. The Bertz CT molecular complexity index is 1730. The van der Waals surface area contributed by atoms with Gasteiger partial charge in [-0.15, -0.1) is 5.10 Å². The Hall–Kier alpha value is -3.93. The summed E-state index contributed by atoms with van der Waals surface area (Å²) in [5.74, 6) is -0.300. The van der Waals surface area contributed by atoms with Crippen LogP contribution in [0.15, 0.2) is 84.1 Å². The highest BCUT2D eigenvalue weighted by atomic mass is 32.2. The zero-order valence-corrected chi connectivity index (χ0v) is 22.5. The highest BCUT2D eigenvalue weighted by Crippen LogP contribution is 2.34. The van der Waals surface area contributed by atoms with Crippen molar-refractivity contribution in [2.24, 2.45) is 7.05 Å². The summed E-state index contributed by atoms with van der Waals surface area (Å²) in [5, 5.41) is 13.5. The molecule has 0 saturated carbocycles. The van der Waals surface area contributed by atoms with E-state index in [1.807, 2.05) is 25.1 Å². The van der Waals surface area contributed by atoms with E-state index in [2.05, 4.69) is 44.5 Å². The molecule has 6 rings (SSSR count). The van der Waals surface area contributed by atoms with Crippen molar-refractivity contribution in [2.75, 3.05) is 19.6 Å². The smallest absolute Gasteiger partial charge is 0.264 e. The van der Waals surface area contributed by atoms with E-state index in [1.54, 1.807) is 30.1 Å². The van der Waals surface area contributed by atoms with Gasteiger partial charge in [-0.1, -0.05) is 30.3 Å². The molecule has 39 heavy (non-hydrogen) atoms. The second kappa shape index (κ2) is 9.99. The van der Waals surface area contributed by atoms with E-state index < -0.39 is 10.0 Å². The summed E-state index contributed by atoms with van der Waals surface area (Å²) in [5.41, 5.74) is 4.89. The first kappa shape index (κ1) is 25.4. The van der Waals surface area contributed by atoms with Gasteiger partial charge in [-0.3, -0.25) is 4.90 Å². The molecule has 1 unspecified atom stereocenters. The Morgan fingerprint density at radius 1 is 0.974 bits per heavy atom. The van der Waals surface area contributed by atoms with Gasteiger partial charge in [0.15, 0.2) is 0 Å². The van der Waals surface area contributed by atoms with Crippen molar-refractivity contribution < 1.29 is 12.8 Å². The Morgan fingerprint density at radius 3 is 2.46 bits per heavy atom. The van der Waals surface area contributed by atoms with E-state index in [9.17, 15) is 12.8 Å². The maximum Gasteiger partial charge on any atom is 0.264 e. The molecule has 1 fully saturated rings. The second-order valence-electron chi connectivity index (χ2n) is 9.81. The van der Waals surface area contributed by atoms with Crippen LogP contribution in [-0.2, 0) is 23.6 Å². The molecule has 0 radical (unpaired) electrons. The fraction of sp³-hybridized carbons (Fsp3) is 0.250. The first-order valence-electron chi connectivity index (χ1n) is 12.7. The van der Waals surface area contributed by atoms with Crippen LogP contribution in [0.2, 0.25) is 0 Å². The average molecular weight is 546 g/mol. The lowest BCUT2D eigenvalue weighted by Crippen LogP contribution is -2.50. The largest absolute Gasteiger partial charge is 0.289 e. The summed E-state index contributed by atoms with van der Waals surface area (Å²) >= 11 is 0. The number of fused-ring (bicyclic) bond motifs is 1. The quantitative estimate of drug-likeness (QED) is 0.322. The maximum absolute atomic E-state index is 13.5. The lowest BCUT2D eigenvalue weighted by atomic mass is 9.96. The van der Waals surface area contributed by atoms with Gasteiger partial charge < -0.3 is 0 Å². The molecule has 1 saturated heterocycles. The second-order valence-corrected chi connectivity index (χ2v) is 11.7. The molecule has 5 aromatic rings. The first-order valence-corrected chi connectivity index (χ1v) is 14.1. The molecule has 9 nitrogen and oxygen atoms in total. The highest BCUT2D eigenvalue weighted by molar-refractivity contribution is 7.89. The summed E-state index contributed by atoms with van der Waals surface area (Å²) < 4.78 is 43.7. The van der Waals surface area contributed by atoms with Crippen molar-refractivity contribution in [1.29, 1.82) is 0 Å². The fourth-order valence-corrected chi connectivity index (χ4v) is 6.56. The van der Waals surface area contributed by atoms with Crippen LogP contribution in [0, 0.1) is 12.7 Å². The highest BCUT2D eigenvalue weighted by Gasteiger charge is 2.37. The third-order valence-electron chi connectivity index (χ3n) is 7.25. The minimum absolute atomic E-state index is 0.0481. The third kappa shape index (κ3) is 4.84.